The molecule has 0 fully saturated rings. The van der Waals surface area contributed by atoms with E-state index in [1.165, 1.54) is 18.2 Å². The van der Waals surface area contributed by atoms with Crippen molar-refractivity contribution in [3.63, 3.8) is 0 Å². The maximum absolute atomic E-state index is 12.4. The molecule has 3 rings (SSSR count). The van der Waals surface area contributed by atoms with E-state index >= 15 is 0 Å². The number of nitrogens with one attached hydrogen (secondary N) is 2. The topological polar surface area (TPSA) is 84.5 Å². The van der Waals surface area contributed by atoms with Crippen molar-refractivity contribution in [1.82, 2.24) is 4.72 Å². The first kappa shape index (κ1) is 21.6. The Kier molecular flexibility index (Phi) is 6.28. The number of hydrogen-bond donors (Lipinski definition) is 2. The van der Waals surface area contributed by atoms with Crippen LogP contribution in [0.4, 0.5) is 18.9 Å². The van der Waals surface area contributed by atoms with E-state index in [2.05, 4.69) is 14.8 Å². The van der Waals surface area contributed by atoms with Crippen LogP contribution in [-0.2, 0) is 14.8 Å². The van der Waals surface area contributed by atoms with Gasteiger partial charge in [0.05, 0.1) is 4.90 Å². The molecule has 30 heavy (non-hydrogen) atoms. The first-order valence-electron chi connectivity index (χ1n) is 8.76. The first-order valence-corrected chi connectivity index (χ1v) is 10.2. The summed E-state index contributed by atoms with van der Waals surface area (Å²) in [5, 5.41) is 4.15. The SMILES string of the molecule is O=C(CCNS(=O)(=O)c1ccc2ccccc2c1)Nc1ccc(OC(F)(F)F)cc1. The van der Waals surface area contributed by atoms with Gasteiger partial charge in [-0.15, -0.1) is 13.2 Å². The van der Waals surface area contributed by atoms with Gasteiger partial charge in [0.25, 0.3) is 0 Å². The highest BCUT2D eigenvalue weighted by molar-refractivity contribution is 7.89. The highest BCUT2D eigenvalue weighted by Gasteiger charge is 2.30. The summed E-state index contributed by atoms with van der Waals surface area (Å²) in [6.07, 6.45) is -4.96. The number of alkyl halides is 3. The van der Waals surface area contributed by atoms with E-state index in [4.69, 9.17) is 0 Å². The molecule has 10 heteroatoms. The van der Waals surface area contributed by atoms with Crippen LogP contribution in [0, 0.1) is 0 Å². The van der Waals surface area contributed by atoms with Crippen molar-refractivity contribution in [2.24, 2.45) is 0 Å². The molecule has 3 aromatic rings. The lowest BCUT2D eigenvalue weighted by Crippen LogP contribution is -2.27. The molecule has 0 unspecified atom stereocenters. The van der Waals surface area contributed by atoms with E-state index in [9.17, 15) is 26.4 Å². The van der Waals surface area contributed by atoms with Crippen LogP contribution in [0.5, 0.6) is 5.75 Å². The van der Waals surface area contributed by atoms with Crippen LogP contribution in [-0.4, -0.2) is 27.2 Å². The van der Waals surface area contributed by atoms with Gasteiger partial charge in [-0.25, -0.2) is 13.1 Å². The van der Waals surface area contributed by atoms with E-state index in [1.54, 1.807) is 24.3 Å². The van der Waals surface area contributed by atoms with Gasteiger partial charge in [-0.2, -0.15) is 0 Å². The minimum Gasteiger partial charge on any atom is -0.406 e. The third-order valence-corrected chi connectivity index (χ3v) is 5.51. The highest BCUT2D eigenvalue weighted by atomic mass is 32.2. The molecule has 0 aromatic heterocycles. The monoisotopic (exact) mass is 438 g/mol. The quantitative estimate of drug-likeness (QED) is 0.583. The maximum atomic E-state index is 12.4. The van der Waals surface area contributed by atoms with Gasteiger partial charge < -0.3 is 10.1 Å². The van der Waals surface area contributed by atoms with Gasteiger partial charge in [0.2, 0.25) is 15.9 Å². The number of anilines is 1. The van der Waals surface area contributed by atoms with Gasteiger partial charge in [0.1, 0.15) is 5.75 Å². The van der Waals surface area contributed by atoms with E-state index in [0.29, 0.717) is 0 Å². The molecule has 0 aliphatic carbocycles. The fraction of sp³-hybridized carbons (Fsp3) is 0.150. The van der Waals surface area contributed by atoms with E-state index in [1.807, 2.05) is 12.1 Å². The van der Waals surface area contributed by atoms with E-state index in [-0.39, 0.29) is 23.5 Å². The average molecular weight is 438 g/mol. The minimum absolute atomic E-state index is 0.0851. The fourth-order valence-corrected chi connectivity index (χ4v) is 3.75. The second-order valence-electron chi connectivity index (χ2n) is 6.28. The summed E-state index contributed by atoms with van der Waals surface area (Å²) in [7, 11) is -3.80. The first-order chi connectivity index (χ1) is 14.1. The summed E-state index contributed by atoms with van der Waals surface area (Å²) in [5.74, 6) is -0.913. The maximum Gasteiger partial charge on any atom is 0.573 e. The molecule has 0 radical (unpaired) electrons. The summed E-state index contributed by atoms with van der Waals surface area (Å²) >= 11 is 0. The van der Waals surface area contributed by atoms with Gasteiger partial charge in [-0.05, 0) is 47.2 Å². The second-order valence-corrected chi connectivity index (χ2v) is 8.04. The third kappa shape index (κ3) is 5.94. The Hall–Kier alpha value is -3.11. The van der Waals surface area contributed by atoms with Gasteiger partial charge in [-0.3, -0.25) is 4.79 Å². The molecule has 2 N–H and O–H groups in total. The van der Waals surface area contributed by atoms with Gasteiger partial charge in [0.15, 0.2) is 0 Å². The van der Waals surface area contributed by atoms with Crippen molar-refractivity contribution in [2.45, 2.75) is 17.7 Å². The van der Waals surface area contributed by atoms with Crippen LogP contribution < -0.4 is 14.8 Å². The highest BCUT2D eigenvalue weighted by Crippen LogP contribution is 2.24. The smallest absolute Gasteiger partial charge is 0.406 e. The number of carbonyl (C=O) groups is 1. The number of amides is 1. The van der Waals surface area contributed by atoms with E-state index in [0.717, 1.165) is 22.9 Å². The molecular formula is C20H17F3N2O4S. The predicted octanol–water partition coefficient (Wildman–Crippen LogP) is 4.05. The molecule has 6 nitrogen and oxygen atoms in total. The molecule has 0 heterocycles. The van der Waals surface area contributed by atoms with Gasteiger partial charge in [-0.1, -0.05) is 30.3 Å². The molecule has 0 atom stereocenters. The zero-order chi connectivity index (χ0) is 21.8. The van der Waals surface area contributed by atoms with Crippen molar-refractivity contribution >= 4 is 32.4 Å². The zero-order valence-corrected chi connectivity index (χ0v) is 16.3. The van der Waals surface area contributed by atoms with Crippen molar-refractivity contribution in [3.8, 4) is 5.75 Å². The van der Waals surface area contributed by atoms with Gasteiger partial charge >= 0.3 is 6.36 Å². The summed E-state index contributed by atoms with van der Waals surface area (Å²) in [4.78, 5) is 12.1. The van der Waals surface area contributed by atoms with Crippen LogP contribution >= 0.6 is 0 Å². The van der Waals surface area contributed by atoms with Crippen molar-refractivity contribution < 1.29 is 31.1 Å². The molecule has 0 aliphatic rings. The number of sulfonamides is 1. The normalized spacial score (nSPS) is 12.0. The second kappa shape index (κ2) is 8.72. The summed E-state index contributed by atoms with van der Waals surface area (Å²) < 4.78 is 67.4. The molecule has 0 bridgehead atoms. The lowest BCUT2D eigenvalue weighted by atomic mass is 10.1. The molecule has 0 spiro atoms. The average Bonchev–Trinajstić information content (AvgIpc) is 2.68. The summed E-state index contributed by atoms with van der Waals surface area (Å²) in [5.41, 5.74) is 0.256. The molecule has 1 amide bonds. The number of hydrogen-bond acceptors (Lipinski definition) is 4. The molecule has 0 saturated heterocycles. The van der Waals surface area contributed by atoms with Gasteiger partial charge in [0, 0.05) is 18.7 Å². The fourth-order valence-electron chi connectivity index (χ4n) is 2.68. The van der Waals surface area contributed by atoms with Crippen LogP contribution in [0.1, 0.15) is 6.42 Å². The zero-order valence-electron chi connectivity index (χ0n) is 15.4. The molecule has 3 aromatic carbocycles. The largest absolute Gasteiger partial charge is 0.573 e. The number of benzene rings is 3. The minimum atomic E-state index is -4.80. The van der Waals surface area contributed by atoms with E-state index < -0.39 is 28.0 Å². The predicted molar refractivity (Wildman–Crippen MR) is 106 cm³/mol. The Bertz CT molecular complexity index is 1150. The van der Waals surface area contributed by atoms with Crippen LogP contribution in [0.25, 0.3) is 10.8 Å². The Morgan fingerprint density at radius 1 is 0.933 bits per heavy atom. The number of ether oxygens (including phenoxy) is 1. The molecule has 158 valence electrons. The lowest BCUT2D eigenvalue weighted by molar-refractivity contribution is -0.274. The lowest BCUT2D eigenvalue weighted by Gasteiger charge is -2.10. The summed E-state index contributed by atoms with van der Waals surface area (Å²) in [6, 6.07) is 16.7. The van der Waals surface area contributed by atoms with Crippen LogP contribution in [0.15, 0.2) is 71.6 Å². The van der Waals surface area contributed by atoms with Crippen molar-refractivity contribution in [2.75, 3.05) is 11.9 Å². The number of carbonyl (C=O) groups excluding carboxylic acids is 1. The standard InChI is InChI=1S/C20H17F3N2O4S/c21-20(22,23)29-17-8-6-16(7-9-17)25-19(26)11-12-24-30(27,28)18-10-5-14-3-1-2-4-15(14)13-18/h1-10,13,24H,11-12H2,(H,25,26). The van der Waals surface area contributed by atoms with Crippen LogP contribution in [0.2, 0.25) is 0 Å². The molecule has 0 aliphatic heterocycles. The third-order valence-electron chi connectivity index (χ3n) is 4.05. The number of rotatable bonds is 7. The van der Waals surface area contributed by atoms with Crippen LogP contribution in [0.3, 0.4) is 0 Å². The summed E-state index contributed by atoms with van der Waals surface area (Å²) in [6.45, 7) is -0.143. The molecule has 0 saturated carbocycles. The van der Waals surface area contributed by atoms with Crippen molar-refractivity contribution in [3.05, 3.63) is 66.7 Å². The Balaban J connectivity index is 1.53. The number of halogens is 3. The van der Waals surface area contributed by atoms with Crippen molar-refractivity contribution in [1.29, 1.82) is 0 Å². The Labute approximate surface area is 170 Å². The number of fused-ring (bicyclic) bond motifs is 1. The Morgan fingerprint density at radius 2 is 1.60 bits per heavy atom. The molecular weight excluding hydrogens is 421 g/mol. The Morgan fingerprint density at radius 3 is 2.27 bits per heavy atom.